The van der Waals surface area contributed by atoms with Crippen molar-refractivity contribution in [3.63, 3.8) is 0 Å². The maximum Gasteiger partial charge on any atom is 0.342 e. The van der Waals surface area contributed by atoms with Crippen LogP contribution in [-0.4, -0.2) is 27.8 Å². The number of hydrogen-bond acceptors (Lipinski definition) is 5. The number of hydrogen-bond donors (Lipinski definition) is 0. The van der Waals surface area contributed by atoms with Crippen molar-refractivity contribution in [1.29, 1.82) is 0 Å². The van der Waals surface area contributed by atoms with E-state index in [1.54, 1.807) is 13.8 Å². The highest BCUT2D eigenvalue weighted by atomic mass is 32.2. The van der Waals surface area contributed by atoms with Gasteiger partial charge in [0.1, 0.15) is 5.56 Å². The Hall–Kier alpha value is -1.56. The van der Waals surface area contributed by atoms with E-state index in [0.717, 1.165) is 17.4 Å². The van der Waals surface area contributed by atoms with Crippen molar-refractivity contribution in [2.75, 3.05) is 13.4 Å². The quantitative estimate of drug-likeness (QED) is 0.628. The van der Waals surface area contributed by atoms with Gasteiger partial charge < -0.3 is 8.92 Å². The molecule has 0 bridgehead atoms. The monoisotopic (exact) mass is 286 g/mol. The molecule has 0 aliphatic carbocycles. The molecule has 0 atom stereocenters. The van der Waals surface area contributed by atoms with Crippen LogP contribution >= 0.6 is 0 Å². The van der Waals surface area contributed by atoms with Gasteiger partial charge in [0, 0.05) is 0 Å². The third kappa shape index (κ3) is 3.07. The molecule has 106 valence electrons. The van der Waals surface area contributed by atoms with Crippen molar-refractivity contribution in [2.45, 2.75) is 27.7 Å². The molecule has 5 nitrogen and oxygen atoms in total. The van der Waals surface area contributed by atoms with Crippen LogP contribution in [0.5, 0.6) is 5.75 Å². The Morgan fingerprint density at radius 3 is 1.84 bits per heavy atom. The summed E-state index contributed by atoms with van der Waals surface area (Å²) in [6, 6.07) is 0. The van der Waals surface area contributed by atoms with E-state index in [-0.39, 0.29) is 11.3 Å². The van der Waals surface area contributed by atoms with Crippen molar-refractivity contribution in [1.82, 2.24) is 0 Å². The van der Waals surface area contributed by atoms with E-state index in [9.17, 15) is 13.2 Å². The van der Waals surface area contributed by atoms with E-state index in [0.29, 0.717) is 11.1 Å². The summed E-state index contributed by atoms with van der Waals surface area (Å²) in [6.07, 6.45) is 0.942. The average molecular weight is 286 g/mol. The van der Waals surface area contributed by atoms with Gasteiger partial charge in [-0.2, -0.15) is 8.42 Å². The lowest BCUT2D eigenvalue weighted by Crippen LogP contribution is -2.15. The predicted molar refractivity (Wildman–Crippen MR) is 72.2 cm³/mol. The molecule has 0 saturated carbocycles. The summed E-state index contributed by atoms with van der Waals surface area (Å²) < 4.78 is 32.4. The molecule has 1 aromatic carbocycles. The van der Waals surface area contributed by atoms with E-state index in [2.05, 4.69) is 0 Å². The van der Waals surface area contributed by atoms with Gasteiger partial charge in [-0.25, -0.2) is 4.79 Å². The number of rotatable bonds is 3. The lowest BCUT2D eigenvalue weighted by molar-refractivity contribution is 0.0597. The number of carbonyl (C=O) groups is 1. The first-order valence-corrected chi connectivity index (χ1v) is 7.50. The summed E-state index contributed by atoms with van der Waals surface area (Å²) in [6.45, 7) is 7.18. The van der Waals surface area contributed by atoms with E-state index < -0.39 is 16.1 Å². The Kier molecular flexibility index (Phi) is 4.25. The smallest absolute Gasteiger partial charge is 0.342 e. The Morgan fingerprint density at radius 2 is 1.42 bits per heavy atom. The van der Waals surface area contributed by atoms with Crippen LogP contribution < -0.4 is 4.18 Å². The zero-order valence-electron chi connectivity index (χ0n) is 11.9. The molecule has 0 amide bonds. The summed E-state index contributed by atoms with van der Waals surface area (Å²) in [5, 5.41) is 0. The van der Waals surface area contributed by atoms with E-state index in [1.165, 1.54) is 7.11 Å². The molecular weight excluding hydrogens is 268 g/mol. The molecule has 6 heteroatoms. The first-order valence-electron chi connectivity index (χ1n) is 5.68. The fraction of sp³-hybridized carbons (Fsp3) is 0.462. The Labute approximate surface area is 113 Å². The van der Waals surface area contributed by atoms with Gasteiger partial charge in [-0.05, 0) is 49.9 Å². The third-order valence-electron chi connectivity index (χ3n) is 3.25. The van der Waals surface area contributed by atoms with Crippen LogP contribution in [0.25, 0.3) is 0 Å². The van der Waals surface area contributed by atoms with Gasteiger partial charge in [-0.3, -0.25) is 0 Å². The van der Waals surface area contributed by atoms with Crippen molar-refractivity contribution in [3.8, 4) is 5.75 Å². The van der Waals surface area contributed by atoms with Gasteiger partial charge in [-0.15, -0.1) is 0 Å². The van der Waals surface area contributed by atoms with Gasteiger partial charge in [0.2, 0.25) is 0 Å². The molecule has 1 aromatic rings. The zero-order valence-corrected chi connectivity index (χ0v) is 12.8. The van der Waals surface area contributed by atoms with Gasteiger partial charge in [0.15, 0.2) is 5.75 Å². The second kappa shape index (κ2) is 5.21. The number of benzene rings is 1. The highest BCUT2D eigenvalue weighted by Crippen LogP contribution is 2.34. The molecule has 19 heavy (non-hydrogen) atoms. The molecule has 1 rings (SSSR count). The van der Waals surface area contributed by atoms with Crippen molar-refractivity contribution in [3.05, 3.63) is 27.8 Å². The molecule has 0 unspecified atom stereocenters. The Morgan fingerprint density at radius 1 is 0.947 bits per heavy atom. The predicted octanol–water partition coefficient (Wildman–Crippen LogP) is 2.05. The maximum absolute atomic E-state index is 11.9. The van der Waals surface area contributed by atoms with Crippen LogP contribution in [0.4, 0.5) is 0 Å². The minimum atomic E-state index is -3.72. The summed E-state index contributed by atoms with van der Waals surface area (Å²) in [5.74, 6) is -0.558. The van der Waals surface area contributed by atoms with Gasteiger partial charge in [0.25, 0.3) is 0 Å². The van der Waals surface area contributed by atoms with E-state index in [1.807, 2.05) is 13.8 Å². The molecule has 0 radical (unpaired) electrons. The second-order valence-electron chi connectivity index (χ2n) is 4.48. The van der Waals surface area contributed by atoms with Crippen molar-refractivity contribution < 1.29 is 22.1 Å². The molecule has 0 aliphatic rings. The van der Waals surface area contributed by atoms with Crippen LogP contribution in [0.15, 0.2) is 0 Å². The molecule has 0 heterocycles. The van der Waals surface area contributed by atoms with E-state index >= 15 is 0 Å². The molecule has 0 fully saturated rings. The fourth-order valence-electron chi connectivity index (χ4n) is 1.88. The molecule has 0 aliphatic heterocycles. The normalized spacial score (nSPS) is 11.3. The van der Waals surface area contributed by atoms with Crippen LogP contribution in [0, 0.1) is 27.7 Å². The number of carbonyl (C=O) groups excluding carboxylic acids is 1. The van der Waals surface area contributed by atoms with Crippen molar-refractivity contribution in [2.24, 2.45) is 0 Å². The van der Waals surface area contributed by atoms with Gasteiger partial charge in [0.05, 0.1) is 13.4 Å². The zero-order chi connectivity index (χ0) is 15.0. The Bertz CT molecular complexity index is 629. The summed E-state index contributed by atoms with van der Waals surface area (Å²) in [5.41, 5.74) is 3.25. The first-order chi connectivity index (χ1) is 8.60. The van der Waals surface area contributed by atoms with Crippen LogP contribution in [0.1, 0.15) is 32.6 Å². The molecule has 0 spiro atoms. The van der Waals surface area contributed by atoms with Gasteiger partial charge in [-0.1, -0.05) is 0 Å². The lowest BCUT2D eigenvalue weighted by Gasteiger charge is -2.18. The number of esters is 1. The highest BCUT2D eigenvalue weighted by Gasteiger charge is 2.24. The van der Waals surface area contributed by atoms with Crippen molar-refractivity contribution >= 4 is 16.1 Å². The molecule has 0 N–H and O–H groups in total. The molecule has 0 aromatic heterocycles. The summed E-state index contributed by atoms with van der Waals surface area (Å²) in [7, 11) is -2.47. The number of ether oxygens (including phenoxy) is 1. The standard InChI is InChI=1S/C13H18O5S/c1-7-8(2)10(4)12(18-19(6,15)16)11(9(7)3)13(14)17-5/h1-6H3. The van der Waals surface area contributed by atoms with Crippen LogP contribution in [-0.2, 0) is 14.9 Å². The molecule has 0 saturated heterocycles. The fourth-order valence-corrected chi connectivity index (χ4v) is 2.39. The summed E-state index contributed by atoms with van der Waals surface area (Å²) in [4.78, 5) is 11.9. The third-order valence-corrected chi connectivity index (χ3v) is 3.72. The maximum atomic E-state index is 11.9. The van der Waals surface area contributed by atoms with E-state index in [4.69, 9.17) is 8.92 Å². The highest BCUT2D eigenvalue weighted by molar-refractivity contribution is 7.86. The van der Waals surface area contributed by atoms with Gasteiger partial charge >= 0.3 is 16.1 Å². The minimum absolute atomic E-state index is 0.0509. The van der Waals surface area contributed by atoms with Crippen LogP contribution in [0.2, 0.25) is 0 Å². The SMILES string of the molecule is COC(=O)c1c(C)c(C)c(C)c(C)c1OS(C)(=O)=O. The number of methoxy groups -OCH3 is 1. The summed E-state index contributed by atoms with van der Waals surface area (Å²) >= 11 is 0. The van der Waals surface area contributed by atoms with Crippen LogP contribution in [0.3, 0.4) is 0 Å². The second-order valence-corrected chi connectivity index (χ2v) is 6.06. The average Bonchev–Trinajstić information content (AvgIpc) is 2.31. The topological polar surface area (TPSA) is 69.7 Å². The largest absolute Gasteiger partial charge is 0.465 e. The first kappa shape index (κ1) is 15.5. The Balaban J connectivity index is 3.71. The lowest BCUT2D eigenvalue weighted by atomic mass is 9.93. The molecular formula is C13H18O5S. The minimum Gasteiger partial charge on any atom is -0.465 e.